The Hall–Kier alpha value is -2.11. The van der Waals surface area contributed by atoms with Crippen molar-refractivity contribution in [1.82, 2.24) is 0 Å². The van der Waals surface area contributed by atoms with Gasteiger partial charge in [-0.1, -0.05) is 32.3 Å². The highest BCUT2D eigenvalue weighted by Gasteiger charge is 2.31. The SMILES string of the molecule is CCCCCCc1cc(F)c(CCC2CCc3cc(OC(F)(F)F)ccc3C2)c(F)c1. The molecule has 0 saturated heterocycles. The van der Waals surface area contributed by atoms with Crippen LogP contribution in [-0.2, 0) is 25.7 Å². The Morgan fingerprint density at radius 1 is 0.935 bits per heavy atom. The molecular weight excluding hydrogens is 411 g/mol. The third-order valence-electron chi connectivity index (χ3n) is 6.06. The fraction of sp³-hybridized carbons (Fsp3) is 0.520. The lowest BCUT2D eigenvalue weighted by Gasteiger charge is -2.25. The smallest absolute Gasteiger partial charge is 0.406 e. The first-order chi connectivity index (χ1) is 14.7. The van der Waals surface area contributed by atoms with E-state index >= 15 is 0 Å². The molecule has 2 aromatic carbocycles. The Morgan fingerprint density at radius 3 is 2.35 bits per heavy atom. The Balaban J connectivity index is 1.56. The lowest BCUT2D eigenvalue weighted by atomic mass is 9.81. The standard InChI is InChI=1S/C25H29F5O/c1-2-3-4-5-6-18-14-23(26)22(24(27)15-18)12-8-17-7-9-20-16-21(31-25(28,29)30)11-10-19(20)13-17/h10-11,14-17H,2-9,12-13H2,1H3. The molecule has 0 saturated carbocycles. The van der Waals surface area contributed by atoms with Crippen LogP contribution >= 0.6 is 0 Å². The molecule has 0 radical (unpaired) electrons. The van der Waals surface area contributed by atoms with Gasteiger partial charge in [-0.15, -0.1) is 13.2 Å². The molecule has 1 aliphatic rings. The molecule has 1 nitrogen and oxygen atoms in total. The summed E-state index contributed by atoms with van der Waals surface area (Å²) in [7, 11) is 0. The van der Waals surface area contributed by atoms with Crippen LogP contribution in [0.4, 0.5) is 22.0 Å². The van der Waals surface area contributed by atoms with E-state index in [-0.39, 0.29) is 17.2 Å². The van der Waals surface area contributed by atoms with E-state index in [1.165, 1.54) is 24.3 Å². The molecule has 6 heteroatoms. The number of hydrogen-bond donors (Lipinski definition) is 0. The summed E-state index contributed by atoms with van der Waals surface area (Å²) in [5.74, 6) is -0.913. The zero-order valence-electron chi connectivity index (χ0n) is 17.8. The minimum Gasteiger partial charge on any atom is -0.406 e. The molecule has 0 N–H and O–H groups in total. The monoisotopic (exact) mass is 440 g/mol. The van der Waals surface area contributed by atoms with Crippen LogP contribution < -0.4 is 4.74 Å². The van der Waals surface area contributed by atoms with Crippen LogP contribution in [-0.4, -0.2) is 6.36 Å². The van der Waals surface area contributed by atoms with E-state index in [0.29, 0.717) is 37.7 Å². The average molecular weight is 440 g/mol. The highest BCUT2D eigenvalue weighted by Crippen LogP contribution is 2.33. The van der Waals surface area contributed by atoms with Gasteiger partial charge in [-0.05, 0) is 91.8 Å². The van der Waals surface area contributed by atoms with Crippen molar-refractivity contribution in [3.63, 3.8) is 0 Å². The van der Waals surface area contributed by atoms with E-state index in [4.69, 9.17) is 0 Å². The van der Waals surface area contributed by atoms with Gasteiger partial charge in [0.15, 0.2) is 0 Å². The fourth-order valence-electron chi connectivity index (χ4n) is 4.39. The van der Waals surface area contributed by atoms with Crippen LogP contribution in [0.5, 0.6) is 5.75 Å². The molecule has 0 aromatic heterocycles. The molecular formula is C25H29F5O. The van der Waals surface area contributed by atoms with Crippen LogP contribution in [0.2, 0.25) is 0 Å². The number of halogens is 5. The normalized spacial score (nSPS) is 16.3. The first kappa shape index (κ1) is 23.6. The zero-order valence-corrected chi connectivity index (χ0v) is 17.8. The Labute approximate surface area is 180 Å². The Bertz CT molecular complexity index is 852. The average Bonchev–Trinajstić information content (AvgIpc) is 2.69. The van der Waals surface area contributed by atoms with Crippen molar-refractivity contribution < 1.29 is 26.7 Å². The van der Waals surface area contributed by atoms with Crippen molar-refractivity contribution in [2.75, 3.05) is 0 Å². The summed E-state index contributed by atoms with van der Waals surface area (Å²) in [6, 6.07) is 7.35. The van der Waals surface area contributed by atoms with Crippen molar-refractivity contribution in [2.45, 2.75) is 77.5 Å². The molecule has 0 fully saturated rings. The minimum atomic E-state index is -4.70. The molecule has 1 aliphatic carbocycles. The van der Waals surface area contributed by atoms with E-state index in [2.05, 4.69) is 11.7 Å². The van der Waals surface area contributed by atoms with Gasteiger partial charge in [0, 0.05) is 5.56 Å². The highest BCUT2D eigenvalue weighted by molar-refractivity contribution is 5.37. The number of rotatable bonds is 9. The Kier molecular flexibility index (Phi) is 7.95. The Morgan fingerprint density at radius 2 is 1.68 bits per heavy atom. The van der Waals surface area contributed by atoms with Gasteiger partial charge in [-0.3, -0.25) is 0 Å². The summed E-state index contributed by atoms with van der Waals surface area (Å²) in [5.41, 5.74) is 2.67. The molecule has 0 amide bonds. The van der Waals surface area contributed by atoms with Crippen molar-refractivity contribution >= 4 is 0 Å². The van der Waals surface area contributed by atoms with Gasteiger partial charge >= 0.3 is 6.36 Å². The number of ether oxygens (including phenoxy) is 1. The minimum absolute atomic E-state index is 0.136. The van der Waals surface area contributed by atoms with Crippen LogP contribution in [0, 0.1) is 17.6 Å². The topological polar surface area (TPSA) is 9.23 Å². The molecule has 1 unspecified atom stereocenters. The van der Waals surface area contributed by atoms with Gasteiger partial charge < -0.3 is 4.74 Å². The highest BCUT2D eigenvalue weighted by atomic mass is 19.4. The lowest BCUT2D eigenvalue weighted by Crippen LogP contribution is -2.19. The second kappa shape index (κ2) is 10.5. The van der Waals surface area contributed by atoms with Gasteiger partial charge in [0.2, 0.25) is 0 Å². The summed E-state index contributed by atoms with van der Waals surface area (Å²) in [6.45, 7) is 2.12. The maximum Gasteiger partial charge on any atom is 0.573 e. The zero-order chi connectivity index (χ0) is 22.4. The predicted octanol–water partition coefficient (Wildman–Crippen LogP) is 7.72. The summed E-state index contributed by atoms with van der Waals surface area (Å²) in [4.78, 5) is 0. The molecule has 170 valence electrons. The van der Waals surface area contributed by atoms with Gasteiger partial charge in [-0.2, -0.15) is 0 Å². The first-order valence-electron chi connectivity index (χ1n) is 11.1. The van der Waals surface area contributed by atoms with Crippen molar-refractivity contribution in [1.29, 1.82) is 0 Å². The quantitative estimate of drug-likeness (QED) is 0.286. The molecule has 3 rings (SSSR count). The van der Waals surface area contributed by atoms with Crippen LogP contribution in [0.3, 0.4) is 0 Å². The van der Waals surface area contributed by atoms with Crippen molar-refractivity contribution in [3.05, 3.63) is 64.2 Å². The first-order valence-corrected chi connectivity index (χ1v) is 11.1. The summed E-state index contributed by atoms with van der Waals surface area (Å²) < 4.78 is 70.2. The van der Waals surface area contributed by atoms with Crippen LogP contribution in [0.1, 0.15) is 67.7 Å². The second-order valence-corrected chi connectivity index (χ2v) is 8.47. The maximum absolute atomic E-state index is 14.5. The second-order valence-electron chi connectivity index (χ2n) is 8.47. The van der Waals surface area contributed by atoms with E-state index in [0.717, 1.165) is 43.2 Å². The van der Waals surface area contributed by atoms with Crippen LogP contribution in [0.15, 0.2) is 30.3 Å². The van der Waals surface area contributed by atoms with E-state index in [1.54, 1.807) is 6.07 Å². The third kappa shape index (κ3) is 6.94. The van der Waals surface area contributed by atoms with Crippen molar-refractivity contribution in [2.24, 2.45) is 5.92 Å². The number of benzene rings is 2. The fourth-order valence-corrected chi connectivity index (χ4v) is 4.39. The predicted molar refractivity (Wildman–Crippen MR) is 111 cm³/mol. The molecule has 1 atom stereocenters. The largest absolute Gasteiger partial charge is 0.573 e. The number of alkyl halides is 3. The molecule has 2 aromatic rings. The summed E-state index contributed by atoms with van der Waals surface area (Å²) >= 11 is 0. The van der Waals surface area contributed by atoms with Gasteiger partial charge in [-0.25, -0.2) is 8.78 Å². The van der Waals surface area contributed by atoms with Crippen LogP contribution in [0.25, 0.3) is 0 Å². The summed E-state index contributed by atoms with van der Waals surface area (Å²) in [6.07, 6.45) is 3.31. The van der Waals surface area contributed by atoms with E-state index < -0.39 is 18.0 Å². The van der Waals surface area contributed by atoms with E-state index in [1.807, 2.05) is 0 Å². The molecule has 0 bridgehead atoms. The molecule has 0 spiro atoms. The van der Waals surface area contributed by atoms with Gasteiger partial charge in [0.25, 0.3) is 0 Å². The number of hydrogen-bond acceptors (Lipinski definition) is 1. The maximum atomic E-state index is 14.5. The molecule has 0 heterocycles. The summed E-state index contributed by atoms with van der Waals surface area (Å²) in [5, 5.41) is 0. The van der Waals surface area contributed by atoms with E-state index in [9.17, 15) is 22.0 Å². The third-order valence-corrected chi connectivity index (χ3v) is 6.06. The molecule has 31 heavy (non-hydrogen) atoms. The lowest BCUT2D eigenvalue weighted by molar-refractivity contribution is -0.274. The van der Waals surface area contributed by atoms with Gasteiger partial charge in [0.1, 0.15) is 17.4 Å². The van der Waals surface area contributed by atoms with Gasteiger partial charge in [0.05, 0.1) is 0 Å². The number of fused-ring (bicyclic) bond motifs is 1. The van der Waals surface area contributed by atoms with Crippen molar-refractivity contribution in [3.8, 4) is 5.75 Å². The molecule has 0 aliphatic heterocycles. The number of aryl methyl sites for hydroxylation is 2. The number of unbranched alkanes of at least 4 members (excludes halogenated alkanes) is 3.